The van der Waals surface area contributed by atoms with Gasteiger partial charge in [-0.15, -0.1) is 0 Å². The Balaban J connectivity index is 2.07. The molecular weight excluding hydrogens is 370 g/mol. The molecule has 0 radical (unpaired) electrons. The van der Waals surface area contributed by atoms with Crippen LogP contribution in [0.3, 0.4) is 0 Å². The number of nitrogens with one attached hydrogen (secondary N) is 1. The van der Waals surface area contributed by atoms with Gasteiger partial charge in [0.25, 0.3) is 5.91 Å². The quantitative estimate of drug-likeness (QED) is 0.803. The molecule has 1 fully saturated rings. The molecule has 0 bridgehead atoms. The maximum absolute atomic E-state index is 13.1. The molecule has 20 heavy (non-hydrogen) atoms. The summed E-state index contributed by atoms with van der Waals surface area (Å²) in [5.74, 6) is 0.279. The average molecular weight is 390 g/mol. The van der Waals surface area contributed by atoms with Crippen molar-refractivity contribution in [3.05, 3.63) is 33.1 Å². The van der Waals surface area contributed by atoms with Gasteiger partial charge in [0.1, 0.15) is 5.82 Å². The number of hydrogen-bond donors (Lipinski definition) is 1. The van der Waals surface area contributed by atoms with E-state index in [2.05, 4.69) is 5.32 Å². The van der Waals surface area contributed by atoms with Crippen molar-refractivity contribution in [2.24, 2.45) is 5.92 Å². The average Bonchev–Trinajstić information content (AvgIpc) is 2.45. The van der Waals surface area contributed by atoms with Gasteiger partial charge in [-0.2, -0.15) is 0 Å². The zero-order valence-electron chi connectivity index (χ0n) is 11.7. The third-order valence-electron chi connectivity index (χ3n) is 3.77. The highest BCUT2D eigenvalue weighted by molar-refractivity contribution is 14.1. The molecule has 0 saturated carbocycles. The number of amides is 1. The van der Waals surface area contributed by atoms with E-state index >= 15 is 0 Å². The Morgan fingerprint density at radius 2 is 2.15 bits per heavy atom. The molecule has 5 heteroatoms. The van der Waals surface area contributed by atoms with E-state index in [0.717, 1.165) is 32.5 Å². The van der Waals surface area contributed by atoms with E-state index in [4.69, 9.17) is 0 Å². The molecule has 110 valence electrons. The van der Waals surface area contributed by atoms with Gasteiger partial charge in [0.2, 0.25) is 0 Å². The molecule has 1 aromatic rings. The molecule has 1 N–H and O–H groups in total. The number of benzene rings is 1. The van der Waals surface area contributed by atoms with Crippen LogP contribution in [0.5, 0.6) is 0 Å². The van der Waals surface area contributed by atoms with Crippen LogP contribution in [-0.2, 0) is 0 Å². The summed E-state index contributed by atoms with van der Waals surface area (Å²) in [5, 5.41) is 3.34. The maximum atomic E-state index is 13.1. The lowest BCUT2D eigenvalue weighted by Gasteiger charge is -2.29. The molecule has 0 unspecified atom stereocenters. The molecule has 1 aromatic carbocycles. The van der Waals surface area contributed by atoms with Crippen LogP contribution in [0.4, 0.5) is 4.39 Å². The summed E-state index contributed by atoms with van der Waals surface area (Å²) in [5.41, 5.74) is 0.600. The van der Waals surface area contributed by atoms with Crippen LogP contribution >= 0.6 is 22.6 Å². The first-order valence-electron chi connectivity index (χ1n) is 7.07. The van der Waals surface area contributed by atoms with Gasteiger partial charge in [0.05, 0.1) is 5.56 Å². The van der Waals surface area contributed by atoms with Gasteiger partial charge in [-0.25, -0.2) is 4.39 Å². The number of nitrogens with zero attached hydrogens (tertiary/aromatic N) is 1. The standard InChI is InChI=1S/C15H20FIN2O/c1-2-19(10-11-5-7-18-8-6-11)15(20)13-4-3-12(16)9-14(13)17/h3-4,9,11,18H,2,5-8,10H2,1H3. The summed E-state index contributed by atoms with van der Waals surface area (Å²) in [6.07, 6.45) is 2.23. The minimum Gasteiger partial charge on any atom is -0.339 e. The van der Waals surface area contributed by atoms with Crippen molar-refractivity contribution in [3.8, 4) is 0 Å². The first-order chi connectivity index (χ1) is 9.61. The SMILES string of the molecule is CCN(CC1CCNCC1)C(=O)c1ccc(F)cc1I. The number of hydrogen-bond acceptors (Lipinski definition) is 2. The molecule has 1 aliphatic rings. The first-order valence-corrected chi connectivity index (χ1v) is 8.14. The van der Waals surface area contributed by atoms with Crippen molar-refractivity contribution in [1.29, 1.82) is 0 Å². The smallest absolute Gasteiger partial charge is 0.254 e. The van der Waals surface area contributed by atoms with Gasteiger partial charge >= 0.3 is 0 Å². The normalized spacial score (nSPS) is 16.1. The minimum atomic E-state index is -0.299. The Hall–Kier alpha value is -0.690. The Morgan fingerprint density at radius 1 is 1.45 bits per heavy atom. The maximum Gasteiger partial charge on any atom is 0.254 e. The van der Waals surface area contributed by atoms with Gasteiger partial charge in [-0.05, 0) is 79.6 Å². The van der Waals surface area contributed by atoms with Crippen LogP contribution in [0.15, 0.2) is 18.2 Å². The molecule has 0 aliphatic carbocycles. The highest BCUT2D eigenvalue weighted by Crippen LogP contribution is 2.19. The fourth-order valence-corrected chi connectivity index (χ4v) is 3.27. The highest BCUT2D eigenvalue weighted by atomic mass is 127. The van der Waals surface area contributed by atoms with Gasteiger partial charge in [0, 0.05) is 16.7 Å². The third-order valence-corrected chi connectivity index (χ3v) is 4.66. The van der Waals surface area contributed by atoms with Crippen LogP contribution in [0.25, 0.3) is 0 Å². The van der Waals surface area contributed by atoms with Gasteiger partial charge in [0.15, 0.2) is 0 Å². The number of carbonyl (C=O) groups is 1. The zero-order valence-corrected chi connectivity index (χ0v) is 13.8. The third kappa shape index (κ3) is 3.91. The van der Waals surface area contributed by atoms with E-state index in [1.54, 1.807) is 6.07 Å². The van der Waals surface area contributed by atoms with Gasteiger partial charge in [-0.1, -0.05) is 0 Å². The zero-order chi connectivity index (χ0) is 14.5. The molecule has 1 heterocycles. The fourth-order valence-electron chi connectivity index (χ4n) is 2.56. The summed E-state index contributed by atoms with van der Waals surface area (Å²) in [4.78, 5) is 14.4. The second-order valence-corrected chi connectivity index (χ2v) is 6.32. The van der Waals surface area contributed by atoms with E-state index in [1.165, 1.54) is 12.1 Å². The van der Waals surface area contributed by atoms with Crippen LogP contribution in [0.2, 0.25) is 0 Å². The molecule has 1 saturated heterocycles. The van der Waals surface area contributed by atoms with Crippen LogP contribution in [-0.4, -0.2) is 37.0 Å². The second-order valence-electron chi connectivity index (χ2n) is 5.16. The lowest BCUT2D eigenvalue weighted by Crippen LogP contribution is -2.39. The van der Waals surface area contributed by atoms with E-state index < -0.39 is 0 Å². The molecule has 0 atom stereocenters. The van der Waals surface area contributed by atoms with Crippen LogP contribution in [0, 0.1) is 15.3 Å². The summed E-state index contributed by atoms with van der Waals surface area (Å²) in [7, 11) is 0. The Kier molecular flexibility index (Phi) is 5.77. The van der Waals surface area contributed by atoms with Crippen LogP contribution in [0.1, 0.15) is 30.1 Å². The summed E-state index contributed by atoms with van der Waals surface area (Å²) in [6.45, 7) is 5.55. The fraction of sp³-hybridized carbons (Fsp3) is 0.533. The van der Waals surface area contributed by atoms with E-state index in [9.17, 15) is 9.18 Å². The van der Waals surface area contributed by atoms with Crippen molar-refractivity contribution in [2.75, 3.05) is 26.2 Å². The molecule has 3 nitrogen and oxygen atoms in total. The minimum absolute atomic E-state index is 0.00966. The lowest BCUT2D eigenvalue weighted by molar-refractivity contribution is 0.0725. The van der Waals surface area contributed by atoms with E-state index in [1.807, 2.05) is 34.4 Å². The lowest BCUT2D eigenvalue weighted by atomic mass is 9.97. The summed E-state index contributed by atoms with van der Waals surface area (Å²) in [6, 6.07) is 4.35. The summed E-state index contributed by atoms with van der Waals surface area (Å²) >= 11 is 2.02. The van der Waals surface area contributed by atoms with Crippen molar-refractivity contribution in [1.82, 2.24) is 10.2 Å². The Bertz CT molecular complexity index is 475. The molecule has 0 aromatic heterocycles. The van der Waals surface area contributed by atoms with Gasteiger partial charge < -0.3 is 10.2 Å². The van der Waals surface area contributed by atoms with E-state index in [0.29, 0.717) is 21.6 Å². The topological polar surface area (TPSA) is 32.3 Å². The van der Waals surface area contributed by atoms with E-state index in [-0.39, 0.29) is 11.7 Å². The predicted molar refractivity (Wildman–Crippen MR) is 86.3 cm³/mol. The monoisotopic (exact) mass is 390 g/mol. The van der Waals surface area contributed by atoms with Crippen molar-refractivity contribution < 1.29 is 9.18 Å². The molecule has 1 aliphatic heterocycles. The van der Waals surface area contributed by atoms with Crippen molar-refractivity contribution in [3.63, 3.8) is 0 Å². The van der Waals surface area contributed by atoms with Gasteiger partial charge in [-0.3, -0.25) is 4.79 Å². The number of halogens is 2. The Labute approximate surface area is 133 Å². The van der Waals surface area contributed by atoms with Crippen LogP contribution < -0.4 is 5.32 Å². The van der Waals surface area contributed by atoms with Crippen molar-refractivity contribution in [2.45, 2.75) is 19.8 Å². The van der Waals surface area contributed by atoms with Crippen molar-refractivity contribution >= 4 is 28.5 Å². The molecule has 0 spiro atoms. The predicted octanol–water partition coefficient (Wildman–Crippen LogP) is 2.89. The molecule has 1 amide bonds. The summed E-state index contributed by atoms with van der Waals surface area (Å²) < 4.78 is 13.8. The largest absolute Gasteiger partial charge is 0.339 e. The number of piperidine rings is 1. The number of carbonyl (C=O) groups excluding carboxylic acids is 1. The second kappa shape index (κ2) is 7.36. The highest BCUT2D eigenvalue weighted by Gasteiger charge is 2.22. The molecule has 2 rings (SSSR count). The Morgan fingerprint density at radius 3 is 2.75 bits per heavy atom. The molecular formula is C15H20FIN2O. The number of rotatable bonds is 4. The first kappa shape index (κ1) is 15.7.